The van der Waals surface area contributed by atoms with E-state index in [0.29, 0.717) is 29.6 Å². The molecule has 1 N–H and O–H groups in total. The van der Waals surface area contributed by atoms with Crippen molar-refractivity contribution in [3.8, 4) is 16.3 Å². The van der Waals surface area contributed by atoms with Crippen LogP contribution in [0.5, 0.6) is 5.75 Å². The van der Waals surface area contributed by atoms with Crippen molar-refractivity contribution in [3.63, 3.8) is 0 Å². The Morgan fingerprint density at radius 1 is 1.18 bits per heavy atom. The van der Waals surface area contributed by atoms with E-state index in [1.807, 2.05) is 48.7 Å². The van der Waals surface area contributed by atoms with Gasteiger partial charge in [0, 0.05) is 11.9 Å². The first-order valence-electron chi connectivity index (χ1n) is 8.94. The quantitative estimate of drug-likeness (QED) is 0.514. The molecule has 0 bridgehead atoms. The monoisotopic (exact) mass is 434 g/mol. The summed E-state index contributed by atoms with van der Waals surface area (Å²) in [5.41, 5.74) is 2.60. The largest absolute Gasteiger partial charge is 0.493 e. The number of thiazole rings is 1. The Kier molecular flexibility index (Phi) is 7.31. The molecular weight excluding hydrogens is 415 g/mol. The molecule has 146 valence electrons. The maximum Gasteiger partial charge on any atom is 0.226 e. The lowest BCUT2D eigenvalue weighted by molar-refractivity contribution is -0.120. The zero-order chi connectivity index (χ0) is 19.9. The maximum absolute atomic E-state index is 12.2. The van der Waals surface area contributed by atoms with Crippen LogP contribution in [0, 0.1) is 0 Å². The molecule has 0 aliphatic heterocycles. The number of carbonyl (C=O) groups excluding carboxylic acids is 1. The number of aromatic nitrogens is 1. The summed E-state index contributed by atoms with van der Waals surface area (Å²) in [5, 5.41) is 6.72. The van der Waals surface area contributed by atoms with Crippen molar-refractivity contribution in [2.75, 3.05) is 13.2 Å². The summed E-state index contributed by atoms with van der Waals surface area (Å²) in [7, 11) is 0. The van der Waals surface area contributed by atoms with Gasteiger partial charge in [-0.25, -0.2) is 4.98 Å². The van der Waals surface area contributed by atoms with Gasteiger partial charge in [-0.2, -0.15) is 0 Å². The summed E-state index contributed by atoms with van der Waals surface area (Å²) >= 11 is 13.7. The lowest BCUT2D eigenvalue weighted by atomic mass is 10.1. The minimum atomic E-state index is -0.0758. The van der Waals surface area contributed by atoms with E-state index in [2.05, 4.69) is 10.3 Å². The number of ether oxygens (including phenoxy) is 1. The molecule has 0 saturated carbocycles. The Morgan fingerprint density at radius 3 is 2.82 bits per heavy atom. The van der Waals surface area contributed by atoms with Crippen molar-refractivity contribution in [1.82, 2.24) is 10.3 Å². The lowest BCUT2D eigenvalue weighted by Gasteiger charge is -2.07. The number of para-hydroxylation sites is 1. The first kappa shape index (κ1) is 20.6. The summed E-state index contributed by atoms with van der Waals surface area (Å²) in [5.74, 6) is 0.724. The van der Waals surface area contributed by atoms with Crippen LogP contribution in [-0.2, 0) is 17.6 Å². The van der Waals surface area contributed by atoms with Crippen LogP contribution in [0.1, 0.15) is 18.2 Å². The molecule has 0 atom stereocenters. The number of halogens is 2. The van der Waals surface area contributed by atoms with Crippen LogP contribution in [0.15, 0.2) is 47.8 Å². The number of benzene rings is 2. The second kappa shape index (κ2) is 9.92. The summed E-state index contributed by atoms with van der Waals surface area (Å²) in [6, 6.07) is 13.3. The normalized spacial score (nSPS) is 10.7. The van der Waals surface area contributed by atoms with Crippen molar-refractivity contribution in [2.24, 2.45) is 0 Å². The fraction of sp³-hybridized carbons (Fsp3) is 0.238. The molecule has 28 heavy (non-hydrogen) atoms. The number of carbonyl (C=O) groups is 1. The van der Waals surface area contributed by atoms with Gasteiger partial charge in [-0.3, -0.25) is 4.79 Å². The predicted octanol–water partition coefficient (Wildman–Crippen LogP) is 5.42. The van der Waals surface area contributed by atoms with E-state index in [1.165, 1.54) is 11.3 Å². The van der Waals surface area contributed by atoms with Gasteiger partial charge in [0.15, 0.2) is 0 Å². The van der Waals surface area contributed by atoms with Gasteiger partial charge in [-0.1, -0.05) is 47.5 Å². The van der Waals surface area contributed by atoms with Gasteiger partial charge >= 0.3 is 0 Å². The zero-order valence-electron chi connectivity index (χ0n) is 15.4. The minimum absolute atomic E-state index is 0.0758. The second-order valence-electron chi connectivity index (χ2n) is 6.06. The van der Waals surface area contributed by atoms with Gasteiger partial charge in [0.2, 0.25) is 5.91 Å². The molecule has 2 aromatic carbocycles. The fourth-order valence-corrected chi connectivity index (χ4v) is 4.01. The van der Waals surface area contributed by atoms with Crippen LogP contribution in [0.2, 0.25) is 10.0 Å². The van der Waals surface area contributed by atoms with E-state index >= 15 is 0 Å². The third-order valence-corrected chi connectivity index (χ3v) is 5.84. The van der Waals surface area contributed by atoms with Crippen LogP contribution in [0.4, 0.5) is 0 Å². The van der Waals surface area contributed by atoms with Crippen LogP contribution in [-0.4, -0.2) is 24.0 Å². The minimum Gasteiger partial charge on any atom is -0.493 e. The zero-order valence-corrected chi connectivity index (χ0v) is 17.7. The van der Waals surface area contributed by atoms with Gasteiger partial charge in [-0.15, -0.1) is 11.3 Å². The average molecular weight is 435 g/mol. The topological polar surface area (TPSA) is 51.2 Å². The number of rotatable bonds is 8. The molecule has 3 rings (SSSR count). The van der Waals surface area contributed by atoms with Gasteiger partial charge in [0.25, 0.3) is 0 Å². The highest BCUT2D eigenvalue weighted by molar-refractivity contribution is 7.13. The number of nitrogens with one attached hydrogen (secondary N) is 1. The summed E-state index contributed by atoms with van der Waals surface area (Å²) in [6.45, 7) is 3.03. The molecule has 0 spiro atoms. The highest BCUT2D eigenvalue weighted by Crippen LogP contribution is 2.32. The van der Waals surface area contributed by atoms with E-state index in [1.54, 1.807) is 6.07 Å². The molecule has 3 aromatic rings. The number of nitrogens with zero attached hydrogens (tertiary/aromatic N) is 1. The Labute approximate surface area is 178 Å². The number of hydrogen-bond acceptors (Lipinski definition) is 4. The summed E-state index contributed by atoms with van der Waals surface area (Å²) < 4.78 is 5.66. The first-order valence-corrected chi connectivity index (χ1v) is 10.6. The molecule has 0 fully saturated rings. The van der Waals surface area contributed by atoms with E-state index < -0.39 is 0 Å². The molecule has 7 heteroatoms. The lowest BCUT2D eigenvalue weighted by Crippen LogP contribution is -2.27. The van der Waals surface area contributed by atoms with Gasteiger partial charge in [0.05, 0.1) is 34.3 Å². The van der Waals surface area contributed by atoms with Crippen molar-refractivity contribution >= 4 is 40.4 Å². The van der Waals surface area contributed by atoms with Gasteiger partial charge in [-0.05, 0) is 37.1 Å². The molecule has 1 heterocycles. The fourth-order valence-electron chi connectivity index (χ4n) is 2.74. The average Bonchev–Trinajstić information content (AvgIpc) is 3.14. The Bertz CT molecular complexity index is 959. The third-order valence-electron chi connectivity index (χ3n) is 4.06. The van der Waals surface area contributed by atoms with Crippen molar-refractivity contribution in [3.05, 3.63) is 69.1 Å². The molecule has 1 amide bonds. The molecule has 0 aliphatic carbocycles. The highest BCUT2D eigenvalue weighted by Gasteiger charge is 2.12. The molecule has 1 aromatic heterocycles. The van der Waals surface area contributed by atoms with Crippen molar-refractivity contribution in [2.45, 2.75) is 19.8 Å². The Balaban J connectivity index is 1.56. The third kappa shape index (κ3) is 5.25. The highest BCUT2D eigenvalue weighted by atomic mass is 35.5. The molecule has 0 saturated heterocycles. The van der Waals surface area contributed by atoms with Crippen LogP contribution in [0.25, 0.3) is 10.6 Å². The number of hydrogen-bond donors (Lipinski definition) is 1. The van der Waals surface area contributed by atoms with E-state index in [-0.39, 0.29) is 12.3 Å². The van der Waals surface area contributed by atoms with E-state index in [0.717, 1.165) is 27.6 Å². The van der Waals surface area contributed by atoms with Crippen LogP contribution in [0.3, 0.4) is 0 Å². The Hall–Kier alpha value is -2.08. The molecule has 0 aliphatic rings. The van der Waals surface area contributed by atoms with E-state index in [9.17, 15) is 4.79 Å². The van der Waals surface area contributed by atoms with Crippen LogP contribution < -0.4 is 10.1 Å². The summed E-state index contributed by atoms with van der Waals surface area (Å²) in [4.78, 5) is 16.8. The SMILES string of the molecule is CCOc1ccccc1-c1nc(CC(=O)NCCc2cccc(Cl)c2Cl)cs1. The predicted molar refractivity (Wildman–Crippen MR) is 116 cm³/mol. The van der Waals surface area contributed by atoms with Gasteiger partial charge in [0.1, 0.15) is 10.8 Å². The Morgan fingerprint density at radius 2 is 2.00 bits per heavy atom. The van der Waals surface area contributed by atoms with Crippen molar-refractivity contribution < 1.29 is 9.53 Å². The second-order valence-corrected chi connectivity index (χ2v) is 7.71. The van der Waals surface area contributed by atoms with Gasteiger partial charge < -0.3 is 10.1 Å². The standard InChI is InChI=1S/C21H20Cl2N2O2S/c1-2-27-18-9-4-3-7-16(18)21-25-15(13-28-21)12-19(26)24-11-10-14-6-5-8-17(22)20(14)23/h3-9,13H,2,10-12H2,1H3,(H,24,26). The van der Waals surface area contributed by atoms with E-state index in [4.69, 9.17) is 27.9 Å². The van der Waals surface area contributed by atoms with Crippen molar-refractivity contribution in [1.29, 1.82) is 0 Å². The summed E-state index contributed by atoms with van der Waals surface area (Å²) in [6.07, 6.45) is 0.853. The first-order chi connectivity index (χ1) is 13.6. The van der Waals surface area contributed by atoms with Crippen LogP contribution >= 0.6 is 34.5 Å². The maximum atomic E-state index is 12.2. The molecule has 4 nitrogen and oxygen atoms in total. The molecular formula is C21H20Cl2N2O2S. The molecule has 0 unspecified atom stereocenters. The number of amides is 1. The smallest absolute Gasteiger partial charge is 0.226 e. The molecule has 0 radical (unpaired) electrons.